The van der Waals surface area contributed by atoms with Crippen LogP contribution in [0.3, 0.4) is 0 Å². The summed E-state index contributed by atoms with van der Waals surface area (Å²) in [6.07, 6.45) is 1.04. The number of hydrogen-bond donors (Lipinski definition) is 1. The molecule has 6 rings (SSSR count). The van der Waals surface area contributed by atoms with Crippen LogP contribution in [0.5, 0.6) is 0 Å². The van der Waals surface area contributed by atoms with E-state index < -0.39 is 0 Å². The molecule has 1 aliphatic carbocycles. The minimum absolute atomic E-state index is 0.00899. The molecule has 4 nitrogen and oxygen atoms in total. The molecule has 6 heteroatoms. The zero-order valence-corrected chi connectivity index (χ0v) is 17.8. The maximum Gasteiger partial charge on any atom is 0.209 e. The Morgan fingerprint density at radius 2 is 1.78 bits per heavy atom. The van der Waals surface area contributed by atoms with Gasteiger partial charge in [0.1, 0.15) is 5.82 Å². The van der Waals surface area contributed by atoms with Crippen molar-refractivity contribution in [1.82, 2.24) is 9.55 Å². The van der Waals surface area contributed by atoms with Gasteiger partial charge in [-0.15, -0.1) is 0 Å². The first-order chi connectivity index (χ1) is 15.6. The number of halogens is 2. The van der Waals surface area contributed by atoms with Gasteiger partial charge in [-0.25, -0.2) is 9.37 Å². The summed E-state index contributed by atoms with van der Waals surface area (Å²) in [5.74, 6) is 0.510. The highest BCUT2D eigenvalue weighted by molar-refractivity contribution is 6.30. The Labute approximate surface area is 189 Å². The summed E-state index contributed by atoms with van der Waals surface area (Å²) in [5.41, 5.74) is 5.37. The fourth-order valence-corrected chi connectivity index (χ4v) is 5.19. The topological polar surface area (TPSA) is 46.9 Å². The fourth-order valence-electron chi connectivity index (χ4n) is 4.99. The van der Waals surface area contributed by atoms with Gasteiger partial charge in [-0.1, -0.05) is 48.0 Å². The molecule has 0 fully saturated rings. The van der Waals surface area contributed by atoms with Crippen LogP contribution in [-0.2, 0) is 4.79 Å². The van der Waals surface area contributed by atoms with E-state index in [1.807, 2.05) is 48.5 Å². The number of carbonyl (C=O) groups is 1. The van der Waals surface area contributed by atoms with Crippen molar-refractivity contribution in [3.8, 4) is 0 Å². The molecule has 1 N–H and O–H groups in total. The molecular formula is C26H19ClFN3O. The van der Waals surface area contributed by atoms with Crippen molar-refractivity contribution in [2.24, 2.45) is 0 Å². The molecule has 2 heterocycles. The second-order valence-electron chi connectivity index (χ2n) is 8.35. The summed E-state index contributed by atoms with van der Waals surface area (Å²) in [5, 5.41) is 4.07. The molecule has 2 unspecified atom stereocenters. The number of rotatable bonds is 2. The molecule has 4 aromatic rings. The third kappa shape index (κ3) is 3.04. The number of benzene rings is 3. The Morgan fingerprint density at radius 3 is 2.59 bits per heavy atom. The van der Waals surface area contributed by atoms with Gasteiger partial charge in [0.15, 0.2) is 5.78 Å². The van der Waals surface area contributed by atoms with Crippen LogP contribution in [-0.4, -0.2) is 15.3 Å². The van der Waals surface area contributed by atoms with Crippen molar-refractivity contribution >= 4 is 34.4 Å². The van der Waals surface area contributed by atoms with E-state index in [0.29, 0.717) is 23.8 Å². The summed E-state index contributed by atoms with van der Waals surface area (Å²) < 4.78 is 15.5. The van der Waals surface area contributed by atoms with Crippen molar-refractivity contribution in [1.29, 1.82) is 0 Å². The molecule has 1 aliphatic heterocycles. The average Bonchev–Trinajstić information content (AvgIpc) is 3.16. The summed E-state index contributed by atoms with van der Waals surface area (Å²) in [4.78, 5) is 18.4. The zero-order chi connectivity index (χ0) is 21.8. The molecular weight excluding hydrogens is 425 g/mol. The van der Waals surface area contributed by atoms with Crippen LogP contribution in [0.25, 0.3) is 11.0 Å². The lowest BCUT2D eigenvalue weighted by atomic mass is 9.77. The molecule has 2 aliphatic rings. The van der Waals surface area contributed by atoms with E-state index in [1.165, 1.54) is 12.1 Å². The normalized spacial score (nSPS) is 20.1. The molecule has 0 saturated heterocycles. The van der Waals surface area contributed by atoms with Crippen LogP contribution >= 0.6 is 11.6 Å². The average molecular weight is 444 g/mol. The summed E-state index contributed by atoms with van der Waals surface area (Å²) >= 11 is 6.34. The van der Waals surface area contributed by atoms with Gasteiger partial charge < -0.3 is 5.32 Å². The number of aromatic nitrogens is 2. The highest BCUT2D eigenvalue weighted by Gasteiger charge is 2.39. The SMILES string of the molecule is O=C1CC(c2ccc(F)cc2)CC2=C1C(c1cccc(Cl)c1)n1c(nc3ccccc31)N2. The molecule has 0 saturated carbocycles. The highest BCUT2D eigenvalue weighted by Crippen LogP contribution is 2.46. The van der Waals surface area contributed by atoms with Crippen molar-refractivity contribution in [3.05, 3.63) is 106 Å². The number of fused-ring (bicyclic) bond motifs is 3. The lowest BCUT2D eigenvalue weighted by Crippen LogP contribution is -2.33. The van der Waals surface area contributed by atoms with Crippen LogP contribution in [0.2, 0.25) is 5.02 Å². The molecule has 3 aromatic carbocycles. The number of allylic oxidation sites excluding steroid dienone is 2. The monoisotopic (exact) mass is 443 g/mol. The van der Waals surface area contributed by atoms with Crippen LogP contribution in [0.1, 0.15) is 35.9 Å². The van der Waals surface area contributed by atoms with Gasteiger partial charge in [0.2, 0.25) is 5.95 Å². The van der Waals surface area contributed by atoms with Gasteiger partial charge in [-0.2, -0.15) is 0 Å². The maximum atomic E-state index is 13.6. The molecule has 0 radical (unpaired) electrons. The van der Waals surface area contributed by atoms with Crippen LogP contribution in [0.4, 0.5) is 10.3 Å². The number of Topliss-reactive ketones (excluding diaryl/α,β-unsaturated/α-hetero) is 1. The zero-order valence-electron chi connectivity index (χ0n) is 17.1. The summed E-state index contributed by atoms with van der Waals surface area (Å²) in [6.45, 7) is 0. The smallest absolute Gasteiger partial charge is 0.209 e. The highest BCUT2D eigenvalue weighted by atomic mass is 35.5. The molecule has 32 heavy (non-hydrogen) atoms. The fraction of sp³-hybridized carbons (Fsp3) is 0.154. The van der Waals surface area contributed by atoms with Gasteiger partial charge in [-0.3, -0.25) is 9.36 Å². The predicted molar refractivity (Wildman–Crippen MR) is 123 cm³/mol. The quantitative estimate of drug-likeness (QED) is 0.398. The minimum atomic E-state index is -0.311. The Balaban J connectivity index is 1.52. The first-order valence-electron chi connectivity index (χ1n) is 10.6. The van der Waals surface area contributed by atoms with Crippen LogP contribution in [0, 0.1) is 5.82 Å². The van der Waals surface area contributed by atoms with E-state index in [-0.39, 0.29) is 23.6 Å². The largest absolute Gasteiger partial charge is 0.329 e. The Hall–Kier alpha value is -3.44. The van der Waals surface area contributed by atoms with Gasteiger partial charge >= 0.3 is 0 Å². The Kier molecular flexibility index (Phi) is 4.40. The second-order valence-corrected chi connectivity index (χ2v) is 8.79. The molecule has 158 valence electrons. The molecule has 2 atom stereocenters. The lowest BCUT2D eigenvalue weighted by Gasteiger charge is -2.36. The third-order valence-corrected chi connectivity index (χ3v) is 6.64. The first kappa shape index (κ1) is 19.3. The summed E-state index contributed by atoms with van der Waals surface area (Å²) in [7, 11) is 0. The number of anilines is 1. The number of imidazole rings is 1. The van der Waals surface area contributed by atoms with E-state index in [0.717, 1.165) is 33.4 Å². The molecule has 0 amide bonds. The number of nitrogens with zero attached hydrogens (tertiary/aromatic N) is 2. The maximum absolute atomic E-state index is 13.6. The standard InChI is InChI=1S/C26H19ClFN3O/c27-18-5-3-4-16(12-18)25-24-21(30-26-29-20-6-1-2-7-22(20)31(25)26)13-17(14-23(24)32)15-8-10-19(28)11-9-15/h1-12,17,25H,13-14H2,(H,29,30). The molecule has 1 aromatic heterocycles. The number of carbonyl (C=O) groups excluding carboxylic acids is 1. The number of ketones is 1. The van der Waals surface area contributed by atoms with Crippen molar-refractivity contribution in [2.75, 3.05) is 5.32 Å². The van der Waals surface area contributed by atoms with Gasteiger partial charge in [0.25, 0.3) is 0 Å². The molecule has 0 spiro atoms. The van der Waals surface area contributed by atoms with Gasteiger partial charge in [0, 0.05) is 22.7 Å². The van der Waals surface area contributed by atoms with E-state index in [1.54, 1.807) is 12.1 Å². The van der Waals surface area contributed by atoms with E-state index in [2.05, 4.69) is 9.88 Å². The van der Waals surface area contributed by atoms with Crippen LogP contribution in [0.15, 0.2) is 84.1 Å². The third-order valence-electron chi connectivity index (χ3n) is 6.40. The second kappa shape index (κ2) is 7.31. The predicted octanol–water partition coefficient (Wildman–Crippen LogP) is 6.24. The van der Waals surface area contributed by atoms with Crippen molar-refractivity contribution in [2.45, 2.75) is 24.8 Å². The van der Waals surface area contributed by atoms with E-state index in [9.17, 15) is 9.18 Å². The Bertz CT molecular complexity index is 1410. The van der Waals surface area contributed by atoms with Crippen LogP contribution < -0.4 is 5.32 Å². The van der Waals surface area contributed by atoms with E-state index in [4.69, 9.17) is 16.6 Å². The number of para-hydroxylation sites is 2. The van der Waals surface area contributed by atoms with Crippen molar-refractivity contribution in [3.63, 3.8) is 0 Å². The lowest BCUT2D eigenvalue weighted by molar-refractivity contribution is -0.116. The van der Waals surface area contributed by atoms with Gasteiger partial charge in [-0.05, 0) is 59.9 Å². The minimum Gasteiger partial charge on any atom is -0.329 e. The number of nitrogens with one attached hydrogen (secondary N) is 1. The van der Waals surface area contributed by atoms with Gasteiger partial charge in [0.05, 0.1) is 17.1 Å². The first-order valence-corrected chi connectivity index (χ1v) is 11.0. The number of hydrogen-bond acceptors (Lipinski definition) is 3. The van der Waals surface area contributed by atoms with E-state index >= 15 is 0 Å². The molecule has 0 bridgehead atoms. The Morgan fingerprint density at radius 1 is 0.969 bits per heavy atom. The van der Waals surface area contributed by atoms with Crippen molar-refractivity contribution < 1.29 is 9.18 Å². The summed E-state index contributed by atoms with van der Waals surface area (Å²) in [6, 6.07) is 21.7.